The average Bonchev–Trinajstić information content (AvgIpc) is 3.16. The highest BCUT2D eigenvalue weighted by Crippen LogP contribution is 2.34. The van der Waals surface area contributed by atoms with Crippen LogP contribution in [0.4, 0.5) is 16.5 Å². The van der Waals surface area contributed by atoms with E-state index in [9.17, 15) is 4.79 Å². The minimum atomic E-state index is -0.398. The van der Waals surface area contributed by atoms with Crippen LogP contribution < -0.4 is 20.1 Å². The number of aromatic nitrogens is 2. The van der Waals surface area contributed by atoms with E-state index in [4.69, 9.17) is 21.1 Å². The minimum absolute atomic E-state index is 0.188. The largest absolute Gasteiger partial charge is 0.495 e. The fourth-order valence-electron chi connectivity index (χ4n) is 2.49. The third kappa shape index (κ3) is 5.78. The minimum Gasteiger partial charge on any atom is -0.495 e. The summed E-state index contributed by atoms with van der Waals surface area (Å²) in [6, 6.07) is 12.7. The van der Waals surface area contributed by atoms with Crippen LogP contribution in [0.25, 0.3) is 0 Å². The SMILES string of the molecule is CCOc1ccccc1Nc1nnc(SC(C)C(=O)Nc2cc(Cl)ccc2OC)s1. The van der Waals surface area contributed by atoms with Crippen molar-refractivity contribution in [2.24, 2.45) is 0 Å². The van der Waals surface area contributed by atoms with E-state index in [0.29, 0.717) is 32.5 Å². The number of hydrogen-bond acceptors (Lipinski definition) is 8. The Morgan fingerprint density at radius 3 is 2.77 bits per heavy atom. The fourth-order valence-corrected chi connectivity index (χ4v) is 4.57. The molecule has 1 unspecified atom stereocenters. The molecule has 0 aliphatic carbocycles. The molecule has 1 atom stereocenters. The Morgan fingerprint density at radius 1 is 1.20 bits per heavy atom. The second kappa shape index (κ2) is 10.5. The average molecular weight is 465 g/mol. The van der Waals surface area contributed by atoms with E-state index in [2.05, 4.69) is 20.8 Å². The van der Waals surface area contributed by atoms with Crippen molar-refractivity contribution in [3.63, 3.8) is 0 Å². The summed E-state index contributed by atoms with van der Waals surface area (Å²) >= 11 is 8.71. The summed E-state index contributed by atoms with van der Waals surface area (Å²) in [6.07, 6.45) is 0. The zero-order valence-corrected chi connectivity index (χ0v) is 19.0. The third-order valence-electron chi connectivity index (χ3n) is 3.90. The first kappa shape index (κ1) is 22.2. The second-order valence-corrected chi connectivity index (χ2v) is 9.02. The molecule has 0 fully saturated rings. The van der Waals surface area contributed by atoms with Gasteiger partial charge >= 0.3 is 0 Å². The highest BCUT2D eigenvalue weighted by Gasteiger charge is 2.19. The zero-order chi connectivity index (χ0) is 21.5. The van der Waals surface area contributed by atoms with Gasteiger partial charge in [-0.25, -0.2) is 0 Å². The lowest BCUT2D eigenvalue weighted by Crippen LogP contribution is -2.22. The molecule has 3 aromatic rings. The number of para-hydroxylation sites is 2. The molecule has 2 aromatic carbocycles. The number of hydrogen-bond donors (Lipinski definition) is 2. The van der Waals surface area contributed by atoms with Crippen molar-refractivity contribution in [2.45, 2.75) is 23.4 Å². The van der Waals surface area contributed by atoms with Crippen molar-refractivity contribution in [3.05, 3.63) is 47.5 Å². The number of nitrogens with one attached hydrogen (secondary N) is 2. The second-order valence-electron chi connectivity index (χ2n) is 6.02. The molecule has 1 heterocycles. The summed E-state index contributed by atoms with van der Waals surface area (Å²) in [7, 11) is 1.54. The molecule has 3 rings (SSSR count). The third-order valence-corrected chi connectivity index (χ3v) is 6.16. The van der Waals surface area contributed by atoms with Gasteiger partial charge in [0.15, 0.2) is 4.34 Å². The monoisotopic (exact) mass is 464 g/mol. The summed E-state index contributed by atoms with van der Waals surface area (Å²) in [5.74, 6) is 1.10. The summed E-state index contributed by atoms with van der Waals surface area (Å²) in [5, 5.41) is 15.1. The van der Waals surface area contributed by atoms with Crippen molar-refractivity contribution in [1.82, 2.24) is 10.2 Å². The van der Waals surface area contributed by atoms with Crippen LogP contribution in [0.5, 0.6) is 11.5 Å². The van der Waals surface area contributed by atoms with E-state index in [-0.39, 0.29) is 5.91 Å². The van der Waals surface area contributed by atoms with E-state index >= 15 is 0 Å². The van der Waals surface area contributed by atoms with Gasteiger partial charge < -0.3 is 20.1 Å². The topological polar surface area (TPSA) is 85.4 Å². The molecular formula is C20H21ClN4O3S2. The van der Waals surface area contributed by atoms with Crippen molar-refractivity contribution in [3.8, 4) is 11.5 Å². The van der Waals surface area contributed by atoms with Gasteiger partial charge in [0.2, 0.25) is 11.0 Å². The molecule has 0 aliphatic heterocycles. The number of benzene rings is 2. The molecule has 1 aromatic heterocycles. The maximum atomic E-state index is 12.6. The van der Waals surface area contributed by atoms with Crippen molar-refractivity contribution in [1.29, 1.82) is 0 Å². The number of ether oxygens (including phenoxy) is 2. The van der Waals surface area contributed by atoms with E-state index in [1.54, 1.807) is 25.1 Å². The first-order chi connectivity index (χ1) is 14.5. The molecule has 7 nitrogen and oxygen atoms in total. The first-order valence-corrected chi connectivity index (χ1v) is 11.2. The number of amides is 1. The van der Waals surface area contributed by atoms with Gasteiger partial charge in [-0.05, 0) is 44.2 Å². The Morgan fingerprint density at radius 2 is 2.00 bits per heavy atom. The molecule has 0 radical (unpaired) electrons. The van der Waals surface area contributed by atoms with E-state index in [0.717, 1.165) is 11.4 Å². The standard InChI is InChI=1S/C20H21ClN4O3S2/c1-4-28-17-8-6-5-7-14(17)23-19-24-25-20(30-19)29-12(2)18(26)22-15-11-13(21)9-10-16(15)27-3/h5-12H,4H2,1-3H3,(H,22,26)(H,23,24). The lowest BCUT2D eigenvalue weighted by Gasteiger charge is -2.13. The molecular weight excluding hydrogens is 444 g/mol. The Bertz CT molecular complexity index is 1020. The molecule has 1 amide bonds. The van der Waals surface area contributed by atoms with Gasteiger partial charge in [-0.3, -0.25) is 4.79 Å². The van der Waals surface area contributed by atoms with Gasteiger partial charge in [-0.15, -0.1) is 10.2 Å². The Kier molecular flexibility index (Phi) is 7.78. The van der Waals surface area contributed by atoms with Crippen LogP contribution in [-0.4, -0.2) is 35.1 Å². The maximum absolute atomic E-state index is 12.6. The summed E-state index contributed by atoms with van der Waals surface area (Å²) < 4.78 is 11.6. The number of thioether (sulfide) groups is 1. The number of methoxy groups -OCH3 is 1. The van der Waals surface area contributed by atoms with Crippen LogP contribution in [-0.2, 0) is 4.79 Å². The Hall–Kier alpha value is -2.49. The van der Waals surface area contributed by atoms with Gasteiger partial charge in [0.05, 0.1) is 30.3 Å². The van der Waals surface area contributed by atoms with Gasteiger partial charge in [0, 0.05) is 5.02 Å². The van der Waals surface area contributed by atoms with Gasteiger partial charge in [0.1, 0.15) is 11.5 Å². The first-order valence-electron chi connectivity index (χ1n) is 9.13. The summed E-state index contributed by atoms with van der Waals surface area (Å²) in [5.41, 5.74) is 1.33. The Labute approximate surface area is 188 Å². The summed E-state index contributed by atoms with van der Waals surface area (Å²) in [6.45, 7) is 4.30. The van der Waals surface area contributed by atoms with E-state index in [1.807, 2.05) is 31.2 Å². The quantitative estimate of drug-likeness (QED) is 0.406. The van der Waals surface area contributed by atoms with Crippen molar-refractivity contribution < 1.29 is 14.3 Å². The number of anilines is 3. The molecule has 0 saturated carbocycles. The molecule has 30 heavy (non-hydrogen) atoms. The Balaban J connectivity index is 1.63. The van der Waals surface area contributed by atoms with Crippen LogP contribution in [0.15, 0.2) is 46.8 Å². The van der Waals surface area contributed by atoms with E-state index < -0.39 is 5.25 Å². The maximum Gasteiger partial charge on any atom is 0.237 e. The fraction of sp³-hybridized carbons (Fsp3) is 0.250. The molecule has 0 spiro atoms. The molecule has 10 heteroatoms. The summed E-state index contributed by atoms with van der Waals surface area (Å²) in [4.78, 5) is 12.6. The highest BCUT2D eigenvalue weighted by molar-refractivity contribution is 8.02. The van der Waals surface area contributed by atoms with Crippen molar-refractivity contribution in [2.75, 3.05) is 24.4 Å². The van der Waals surface area contributed by atoms with Crippen molar-refractivity contribution >= 4 is 57.1 Å². The molecule has 2 N–H and O–H groups in total. The molecule has 158 valence electrons. The van der Waals surface area contributed by atoms with Gasteiger partial charge in [-0.2, -0.15) is 0 Å². The predicted molar refractivity (Wildman–Crippen MR) is 123 cm³/mol. The number of carbonyl (C=O) groups excluding carboxylic acids is 1. The lowest BCUT2D eigenvalue weighted by atomic mass is 10.3. The molecule has 0 aliphatic rings. The number of nitrogens with zero attached hydrogens (tertiary/aromatic N) is 2. The number of rotatable bonds is 9. The van der Waals surface area contributed by atoms with Crippen LogP contribution in [0.1, 0.15) is 13.8 Å². The zero-order valence-electron chi connectivity index (χ0n) is 16.6. The van der Waals surface area contributed by atoms with Gasteiger partial charge in [-0.1, -0.05) is 46.8 Å². The number of halogens is 1. The van der Waals surface area contributed by atoms with E-state index in [1.165, 1.54) is 30.2 Å². The highest BCUT2D eigenvalue weighted by atomic mass is 35.5. The smallest absolute Gasteiger partial charge is 0.237 e. The van der Waals surface area contributed by atoms with Crippen LogP contribution in [0.2, 0.25) is 5.02 Å². The lowest BCUT2D eigenvalue weighted by molar-refractivity contribution is -0.115. The van der Waals surface area contributed by atoms with Crippen LogP contribution in [0, 0.1) is 0 Å². The number of carbonyl (C=O) groups is 1. The predicted octanol–water partition coefficient (Wildman–Crippen LogP) is 5.46. The normalized spacial score (nSPS) is 11.6. The molecule has 0 saturated heterocycles. The van der Waals surface area contributed by atoms with Crippen LogP contribution in [0.3, 0.4) is 0 Å². The van der Waals surface area contributed by atoms with Gasteiger partial charge in [0.25, 0.3) is 0 Å². The van der Waals surface area contributed by atoms with Crippen LogP contribution >= 0.6 is 34.7 Å². The molecule has 0 bridgehead atoms.